The van der Waals surface area contributed by atoms with Crippen LogP contribution < -0.4 is 5.32 Å². The summed E-state index contributed by atoms with van der Waals surface area (Å²) in [6.07, 6.45) is 1.62. The zero-order chi connectivity index (χ0) is 16.7. The van der Waals surface area contributed by atoms with Crippen molar-refractivity contribution in [2.75, 3.05) is 25.0 Å². The van der Waals surface area contributed by atoms with Gasteiger partial charge in [0.05, 0.1) is 6.57 Å². The molecule has 1 spiro atoms. The van der Waals surface area contributed by atoms with E-state index in [1.54, 1.807) is 0 Å². The molecule has 1 aromatic rings. The Morgan fingerprint density at radius 2 is 2.04 bits per heavy atom. The number of benzene rings is 1. The normalized spacial score (nSPS) is 19.0. The maximum absolute atomic E-state index is 12.2. The van der Waals surface area contributed by atoms with Gasteiger partial charge in [-0.05, 0) is 45.2 Å². The third-order valence-corrected chi connectivity index (χ3v) is 4.69. The molecule has 0 aliphatic carbocycles. The average molecular weight is 313 g/mol. The number of carbonyl (C=O) groups excluding carboxylic acids is 1. The lowest BCUT2D eigenvalue weighted by Crippen LogP contribution is -2.47. The van der Waals surface area contributed by atoms with Gasteiger partial charge >= 0.3 is 6.09 Å². The molecule has 1 aromatic carbocycles. The van der Waals surface area contributed by atoms with E-state index in [1.807, 2.05) is 37.8 Å². The molecule has 122 valence electrons. The van der Waals surface area contributed by atoms with Gasteiger partial charge in [-0.3, -0.25) is 0 Å². The number of nitrogens with zero attached hydrogens (tertiary/aromatic N) is 2. The maximum Gasteiger partial charge on any atom is 0.410 e. The van der Waals surface area contributed by atoms with Crippen LogP contribution in [0.2, 0.25) is 0 Å². The molecule has 5 nitrogen and oxygen atoms in total. The van der Waals surface area contributed by atoms with Crippen molar-refractivity contribution in [1.29, 1.82) is 0 Å². The van der Waals surface area contributed by atoms with Crippen molar-refractivity contribution in [1.82, 2.24) is 4.90 Å². The summed E-state index contributed by atoms with van der Waals surface area (Å²) in [5, 5.41) is 3.44. The number of anilines is 1. The highest BCUT2D eigenvalue weighted by atomic mass is 16.6. The number of amides is 1. The third-order valence-electron chi connectivity index (χ3n) is 4.69. The molecule has 3 rings (SSSR count). The molecule has 23 heavy (non-hydrogen) atoms. The Morgan fingerprint density at radius 1 is 1.35 bits per heavy atom. The summed E-state index contributed by atoms with van der Waals surface area (Å²) in [5.41, 5.74) is 2.65. The number of fused-ring (bicyclic) bond motifs is 2. The quantitative estimate of drug-likeness (QED) is 0.738. The monoisotopic (exact) mass is 313 g/mol. The minimum absolute atomic E-state index is 0.0778. The van der Waals surface area contributed by atoms with Crippen LogP contribution in [0.25, 0.3) is 4.85 Å². The molecule has 0 radical (unpaired) electrons. The van der Waals surface area contributed by atoms with E-state index in [2.05, 4.69) is 16.2 Å². The summed E-state index contributed by atoms with van der Waals surface area (Å²) < 4.78 is 5.47. The fourth-order valence-electron chi connectivity index (χ4n) is 3.46. The SMILES string of the molecule is [C-]#[N+]c1ccc2c(c1)NCC21CCN(C(=O)OC(C)(C)C)CC1. The Balaban J connectivity index is 1.71. The Labute approximate surface area is 137 Å². The fourth-order valence-corrected chi connectivity index (χ4v) is 3.46. The standard InChI is InChI=1S/C18H23N3O2/c1-17(2,3)23-16(22)21-9-7-18(8-10-21)12-20-15-11-13(19-4)5-6-14(15)18/h5-6,11,20H,7-10,12H2,1-3H3. The van der Waals surface area contributed by atoms with Crippen LogP contribution >= 0.6 is 0 Å². The van der Waals surface area contributed by atoms with Gasteiger partial charge in [-0.25, -0.2) is 9.64 Å². The van der Waals surface area contributed by atoms with Crippen molar-refractivity contribution in [3.8, 4) is 0 Å². The smallest absolute Gasteiger partial charge is 0.410 e. The molecule has 5 heteroatoms. The minimum Gasteiger partial charge on any atom is -0.444 e. The lowest BCUT2D eigenvalue weighted by atomic mass is 9.74. The first-order chi connectivity index (χ1) is 10.8. The van der Waals surface area contributed by atoms with Crippen LogP contribution in [0.3, 0.4) is 0 Å². The first-order valence-electron chi connectivity index (χ1n) is 8.07. The van der Waals surface area contributed by atoms with E-state index in [1.165, 1.54) is 5.56 Å². The number of hydrogen-bond donors (Lipinski definition) is 1. The molecular weight excluding hydrogens is 290 g/mol. The van der Waals surface area contributed by atoms with Crippen molar-refractivity contribution in [3.05, 3.63) is 35.2 Å². The van der Waals surface area contributed by atoms with Crippen LogP contribution in [-0.2, 0) is 10.2 Å². The molecule has 1 N–H and O–H groups in total. The van der Waals surface area contributed by atoms with E-state index in [9.17, 15) is 4.79 Å². The van der Waals surface area contributed by atoms with Crippen molar-refractivity contribution >= 4 is 17.5 Å². The number of nitrogens with one attached hydrogen (secondary N) is 1. The van der Waals surface area contributed by atoms with Crippen molar-refractivity contribution in [2.24, 2.45) is 0 Å². The molecule has 2 aliphatic rings. The zero-order valence-corrected chi connectivity index (χ0v) is 14.0. The number of likely N-dealkylation sites (tertiary alicyclic amines) is 1. The number of rotatable bonds is 0. The summed E-state index contributed by atoms with van der Waals surface area (Å²) in [6, 6.07) is 5.89. The van der Waals surface area contributed by atoms with Gasteiger partial charge in [-0.1, -0.05) is 12.1 Å². The highest BCUT2D eigenvalue weighted by molar-refractivity contribution is 5.70. The largest absolute Gasteiger partial charge is 0.444 e. The van der Waals surface area contributed by atoms with Gasteiger partial charge in [0, 0.05) is 30.7 Å². The first-order valence-corrected chi connectivity index (χ1v) is 8.07. The van der Waals surface area contributed by atoms with Crippen molar-refractivity contribution in [2.45, 2.75) is 44.6 Å². The van der Waals surface area contributed by atoms with E-state index in [4.69, 9.17) is 11.3 Å². The van der Waals surface area contributed by atoms with E-state index >= 15 is 0 Å². The highest BCUT2D eigenvalue weighted by Crippen LogP contribution is 2.45. The molecular formula is C18H23N3O2. The van der Waals surface area contributed by atoms with E-state index in [0.29, 0.717) is 18.8 Å². The fraction of sp³-hybridized carbons (Fsp3) is 0.556. The Hall–Kier alpha value is -2.22. The lowest BCUT2D eigenvalue weighted by molar-refractivity contribution is 0.0172. The second-order valence-electron chi connectivity index (χ2n) is 7.44. The molecule has 1 amide bonds. The molecule has 0 bridgehead atoms. The second kappa shape index (κ2) is 5.45. The Kier molecular flexibility index (Phi) is 3.71. The summed E-state index contributed by atoms with van der Waals surface area (Å²) in [6.45, 7) is 15.1. The van der Waals surface area contributed by atoms with Crippen LogP contribution in [0.1, 0.15) is 39.2 Å². The van der Waals surface area contributed by atoms with Gasteiger partial charge in [0.2, 0.25) is 0 Å². The topological polar surface area (TPSA) is 45.9 Å². The Morgan fingerprint density at radius 3 is 2.65 bits per heavy atom. The molecule has 0 aromatic heterocycles. The van der Waals surface area contributed by atoms with Crippen LogP contribution in [0.15, 0.2) is 18.2 Å². The number of hydrogen-bond acceptors (Lipinski definition) is 3. The maximum atomic E-state index is 12.2. The van der Waals surface area contributed by atoms with Gasteiger partial charge in [-0.15, -0.1) is 0 Å². The molecule has 1 fully saturated rings. The van der Waals surface area contributed by atoms with Crippen LogP contribution in [0.4, 0.5) is 16.2 Å². The van der Waals surface area contributed by atoms with Gasteiger partial charge in [0.15, 0.2) is 5.69 Å². The third kappa shape index (κ3) is 2.98. The van der Waals surface area contributed by atoms with Gasteiger partial charge in [-0.2, -0.15) is 0 Å². The Bertz CT molecular complexity index is 662. The molecule has 0 saturated carbocycles. The van der Waals surface area contributed by atoms with Gasteiger partial charge < -0.3 is 15.0 Å². The molecule has 0 atom stereocenters. The van der Waals surface area contributed by atoms with Crippen LogP contribution in [0.5, 0.6) is 0 Å². The molecule has 0 unspecified atom stereocenters. The van der Waals surface area contributed by atoms with E-state index in [-0.39, 0.29) is 11.5 Å². The van der Waals surface area contributed by atoms with E-state index < -0.39 is 5.60 Å². The highest BCUT2D eigenvalue weighted by Gasteiger charge is 2.42. The van der Waals surface area contributed by atoms with Gasteiger partial charge in [0.25, 0.3) is 0 Å². The summed E-state index contributed by atoms with van der Waals surface area (Å²) >= 11 is 0. The summed E-state index contributed by atoms with van der Waals surface area (Å²) in [5.74, 6) is 0. The molecule has 2 aliphatic heterocycles. The lowest BCUT2D eigenvalue weighted by Gasteiger charge is -2.39. The first kappa shape index (κ1) is 15.7. The van der Waals surface area contributed by atoms with Crippen LogP contribution in [-0.4, -0.2) is 36.2 Å². The zero-order valence-electron chi connectivity index (χ0n) is 14.0. The number of ether oxygens (including phenoxy) is 1. The van der Waals surface area contributed by atoms with Crippen molar-refractivity contribution in [3.63, 3.8) is 0 Å². The summed E-state index contributed by atoms with van der Waals surface area (Å²) in [7, 11) is 0. The average Bonchev–Trinajstić information content (AvgIpc) is 2.84. The second-order valence-corrected chi connectivity index (χ2v) is 7.44. The molecule has 2 heterocycles. The molecule has 1 saturated heterocycles. The predicted molar refractivity (Wildman–Crippen MR) is 89.9 cm³/mol. The van der Waals surface area contributed by atoms with E-state index in [0.717, 1.165) is 25.1 Å². The summed E-state index contributed by atoms with van der Waals surface area (Å²) in [4.78, 5) is 17.5. The van der Waals surface area contributed by atoms with Crippen LogP contribution in [0, 0.1) is 6.57 Å². The van der Waals surface area contributed by atoms with Crippen molar-refractivity contribution < 1.29 is 9.53 Å². The predicted octanol–water partition coefficient (Wildman–Crippen LogP) is 3.93. The number of piperidine rings is 1. The minimum atomic E-state index is -0.454. The van der Waals surface area contributed by atoms with Gasteiger partial charge in [0.1, 0.15) is 5.60 Å². The number of carbonyl (C=O) groups is 1.